The average molecular weight is 339 g/mol. The van der Waals surface area contributed by atoms with E-state index in [1.54, 1.807) is 37.5 Å². The molecule has 1 amide bonds. The van der Waals surface area contributed by atoms with E-state index in [1.165, 1.54) is 6.08 Å². The second-order valence-electron chi connectivity index (χ2n) is 5.70. The fraction of sp³-hybridized carbons (Fsp3) is 0.200. The van der Waals surface area contributed by atoms with Crippen molar-refractivity contribution in [2.24, 2.45) is 0 Å². The monoisotopic (exact) mass is 339 g/mol. The summed E-state index contributed by atoms with van der Waals surface area (Å²) >= 11 is 0. The van der Waals surface area contributed by atoms with Crippen LogP contribution >= 0.6 is 0 Å². The maximum Gasteiger partial charge on any atom is 0.326 e. The normalized spacial score (nSPS) is 11.9. The van der Waals surface area contributed by atoms with Crippen molar-refractivity contribution >= 4 is 18.0 Å². The summed E-state index contributed by atoms with van der Waals surface area (Å²) in [5.41, 5.74) is 2.81. The number of aryl methyl sites for hydroxylation is 1. The SMILES string of the molecule is COc1ccc(C[C@H](NC(=O)C=Cc2ccc(C)cc2)C(=O)O)cc1. The molecule has 0 aliphatic carbocycles. The van der Waals surface area contributed by atoms with Gasteiger partial charge in [-0.15, -0.1) is 0 Å². The summed E-state index contributed by atoms with van der Waals surface area (Å²) in [5, 5.41) is 11.9. The highest BCUT2D eigenvalue weighted by atomic mass is 16.5. The van der Waals surface area contributed by atoms with E-state index in [0.717, 1.165) is 16.7 Å². The maximum absolute atomic E-state index is 12.0. The first-order valence-corrected chi connectivity index (χ1v) is 7.89. The number of carbonyl (C=O) groups is 2. The van der Waals surface area contributed by atoms with Gasteiger partial charge in [0.1, 0.15) is 11.8 Å². The van der Waals surface area contributed by atoms with Crippen LogP contribution in [0.15, 0.2) is 54.6 Å². The zero-order valence-corrected chi connectivity index (χ0v) is 14.2. The molecule has 2 aromatic carbocycles. The molecule has 25 heavy (non-hydrogen) atoms. The maximum atomic E-state index is 12.0. The van der Waals surface area contributed by atoms with Crippen molar-refractivity contribution in [1.29, 1.82) is 0 Å². The summed E-state index contributed by atoms with van der Waals surface area (Å²) in [6, 6.07) is 13.8. The van der Waals surface area contributed by atoms with Gasteiger partial charge in [-0.2, -0.15) is 0 Å². The van der Waals surface area contributed by atoms with Gasteiger partial charge in [0, 0.05) is 12.5 Å². The van der Waals surface area contributed by atoms with E-state index < -0.39 is 17.9 Å². The number of hydrogen-bond donors (Lipinski definition) is 2. The van der Waals surface area contributed by atoms with Crippen LogP contribution in [0.1, 0.15) is 16.7 Å². The zero-order chi connectivity index (χ0) is 18.2. The summed E-state index contributed by atoms with van der Waals surface area (Å²) in [6.45, 7) is 1.98. The number of methoxy groups -OCH3 is 1. The number of carboxylic acid groups (broad SMARTS) is 1. The molecule has 0 radical (unpaired) electrons. The van der Waals surface area contributed by atoms with E-state index in [4.69, 9.17) is 4.74 Å². The molecule has 2 rings (SSSR count). The highest BCUT2D eigenvalue weighted by Crippen LogP contribution is 2.13. The Morgan fingerprint density at radius 1 is 1.12 bits per heavy atom. The van der Waals surface area contributed by atoms with E-state index >= 15 is 0 Å². The topological polar surface area (TPSA) is 75.6 Å². The first-order chi connectivity index (χ1) is 12.0. The molecular weight excluding hydrogens is 318 g/mol. The molecule has 0 bridgehead atoms. The van der Waals surface area contributed by atoms with Crippen molar-refractivity contribution in [2.45, 2.75) is 19.4 Å². The predicted molar refractivity (Wildman–Crippen MR) is 96.5 cm³/mol. The van der Waals surface area contributed by atoms with Gasteiger partial charge in [0.25, 0.3) is 0 Å². The first kappa shape index (κ1) is 18.3. The largest absolute Gasteiger partial charge is 0.497 e. The third kappa shape index (κ3) is 5.80. The van der Waals surface area contributed by atoms with Crippen LogP contribution in [0.5, 0.6) is 5.75 Å². The van der Waals surface area contributed by atoms with Gasteiger partial charge >= 0.3 is 5.97 Å². The third-order valence-electron chi connectivity index (χ3n) is 3.72. The number of carbonyl (C=O) groups excluding carboxylic acids is 1. The molecular formula is C20H21NO4. The number of ether oxygens (including phenoxy) is 1. The quantitative estimate of drug-likeness (QED) is 0.761. The Hall–Kier alpha value is -3.08. The molecule has 2 N–H and O–H groups in total. The summed E-state index contributed by atoms with van der Waals surface area (Å²) < 4.78 is 5.07. The lowest BCUT2D eigenvalue weighted by atomic mass is 10.1. The molecule has 5 nitrogen and oxygen atoms in total. The molecule has 0 fully saturated rings. The predicted octanol–water partition coefficient (Wildman–Crippen LogP) is 2.83. The summed E-state index contributed by atoms with van der Waals surface area (Å²) in [7, 11) is 1.57. The minimum atomic E-state index is -1.08. The Morgan fingerprint density at radius 3 is 2.32 bits per heavy atom. The molecule has 0 spiro atoms. The number of aliphatic carboxylic acids is 1. The van der Waals surface area contributed by atoms with Crippen molar-refractivity contribution in [2.75, 3.05) is 7.11 Å². The molecule has 5 heteroatoms. The fourth-order valence-corrected chi connectivity index (χ4v) is 2.27. The molecule has 130 valence electrons. The second kappa shape index (κ2) is 8.68. The van der Waals surface area contributed by atoms with Gasteiger partial charge in [-0.25, -0.2) is 4.79 Å². The number of nitrogens with one attached hydrogen (secondary N) is 1. The van der Waals surface area contributed by atoms with Crippen LogP contribution in [-0.4, -0.2) is 30.1 Å². The van der Waals surface area contributed by atoms with E-state index in [2.05, 4.69) is 5.32 Å². The van der Waals surface area contributed by atoms with Crippen molar-refractivity contribution in [1.82, 2.24) is 5.32 Å². The van der Waals surface area contributed by atoms with Crippen LogP contribution in [0, 0.1) is 6.92 Å². The van der Waals surface area contributed by atoms with Crippen molar-refractivity contribution in [3.8, 4) is 5.75 Å². The molecule has 0 saturated carbocycles. The van der Waals surface area contributed by atoms with E-state index in [9.17, 15) is 14.7 Å². The van der Waals surface area contributed by atoms with Crippen molar-refractivity contribution in [3.05, 3.63) is 71.3 Å². The Morgan fingerprint density at radius 2 is 1.76 bits per heavy atom. The van der Waals surface area contributed by atoms with Gasteiger partial charge < -0.3 is 15.2 Å². The van der Waals surface area contributed by atoms with Crippen molar-refractivity contribution < 1.29 is 19.4 Å². The smallest absolute Gasteiger partial charge is 0.326 e. The molecule has 0 aliphatic heterocycles. The highest BCUT2D eigenvalue weighted by molar-refractivity contribution is 5.94. The summed E-state index contributed by atoms with van der Waals surface area (Å²) in [4.78, 5) is 23.4. The average Bonchev–Trinajstić information content (AvgIpc) is 2.61. The summed E-state index contributed by atoms with van der Waals surface area (Å²) in [6.07, 6.45) is 3.19. The number of amides is 1. The number of rotatable bonds is 7. The van der Waals surface area contributed by atoms with Crippen LogP contribution in [0.25, 0.3) is 6.08 Å². The zero-order valence-electron chi connectivity index (χ0n) is 14.2. The minimum absolute atomic E-state index is 0.198. The lowest BCUT2D eigenvalue weighted by Crippen LogP contribution is -2.41. The van der Waals surface area contributed by atoms with Gasteiger partial charge in [-0.05, 0) is 36.3 Å². The molecule has 0 aromatic heterocycles. The Balaban J connectivity index is 1.98. The lowest BCUT2D eigenvalue weighted by Gasteiger charge is -2.13. The summed E-state index contributed by atoms with van der Waals surface area (Å²) in [5.74, 6) is -0.824. The van der Waals surface area contributed by atoms with Crippen LogP contribution in [0.3, 0.4) is 0 Å². The van der Waals surface area contributed by atoms with Gasteiger partial charge in [0.15, 0.2) is 0 Å². The van der Waals surface area contributed by atoms with Gasteiger partial charge in [-0.3, -0.25) is 4.79 Å². The molecule has 0 aliphatic rings. The van der Waals surface area contributed by atoms with E-state index in [0.29, 0.717) is 5.75 Å². The molecule has 0 heterocycles. The Labute approximate surface area is 146 Å². The van der Waals surface area contributed by atoms with E-state index in [1.807, 2.05) is 31.2 Å². The number of carboxylic acids is 1. The van der Waals surface area contributed by atoms with E-state index in [-0.39, 0.29) is 6.42 Å². The third-order valence-corrected chi connectivity index (χ3v) is 3.72. The molecule has 0 unspecified atom stereocenters. The Kier molecular flexibility index (Phi) is 6.34. The van der Waals surface area contributed by atoms with Crippen LogP contribution in [-0.2, 0) is 16.0 Å². The number of benzene rings is 2. The fourth-order valence-electron chi connectivity index (χ4n) is 2.27. The van der Waals surface area contributed by atoms with Crippen LogP contribution in [0.4, 0.5) is 0 Å². The standard InChI is InChI=1S/C20H21NO4/c1-14-3-5-15(6-4-14)9-12-19(22)21-18(20(23)24)13-16-7-10-17(25-2)11-8-16/h3-12,18H,13H2,1-2H3,(H,21,22)(H,23,24)/t18-/m0/s1. The molecule has 2 aromatic rings. The molecule has 0 saturated heterocycles. The lowest BCUT2D eigenvalue weighted by molar-refractivity contribution is -0.141. The van der Waals surface area contributed by atoms with Crippen molar-refractivity contribution in [3.63, 3.8) is 0 Å². The second-order valence-corrected chi connectivity index (χ2v) is 5.70. The van der Waals surface area contributed by atoms with Gasteiger partial charge in [-0.1, -0.05) is 42.0 Å². The molecule has 1 atom stereocenters. The Bertz CT molecular complexity index is 748. The number of hydrogen-bond acceptors (Lipinski definition) is 3. The van der Waals surface area contributed by atoms with Crippen LogP contribution in [0.2, 0.25) is 0 Å². The van der Waals surface area contributed by atoms with Gasteiger partial charge in [0.2, 0.25) is 5.91 Å². The first-order valence-electron chi connectivity index (χ1n) is 7.89. The minimum Gasteiger partial charge on any atom is -0.497 e. The van der Waals surface area contributed by atoms with Gasteiger partial charge in [0.05, 0.1) is 7.11 Å². The van der Waals surface area contributed by atoms with Crippen LogP contribution < -0.4 is 10.1 Å². The highest BCUT2D eigenvalue weighted by Gasteiger charge is 2.19.